The summed E-state index contributed by atoms with van der Waals surface area (Å²) in [6.07, 6.45) is 2.59. The zero-order chi connectivity index (χ0) is 13.2. The van der Waals surface area contributed by atoms with Crippen LogP contribution in [0.3, 0.4) is 0 Å². The third kappa shape index (κ3) is 2.63. The number of benzene rings is 1. The summed E-state index contributed by atoms with van der Waals surface area (Å²) in [4.78, 5) is 5.65. The van der Waals surface area contributed by atoms with E-state index in [-0.39, 0.29) is 6.04 Å². The predicted molar refractivity (Wildman–Crippen MR) is 81.7 cm³/mol. The topological polar surface area (TPSA) is 38.9 Å². The summed E-state index contributed by atoms with van der Waals surface area (Å²) >= 11 is 7.53. The molecule has 19 heavy (non-hydrogen) atoms. The Morgan fingerprint density at radius 1 is 1.16 bits per heavy atom. The molecule has 0 saturated heterocycles. The van der Waals surface area contributed by atoms with Crippen molar-refractivity contribution in [1.82, 2.24) is 4.98 Å². The molecule has 2 heterocycles. The second kappa shape index (κ2) is 5.29. The molecule has 0 aliphatic rings. The summed E-state index contributed by atoms with van der Waals surface area (Å²) in [7, 11) is 0. The zero-order valence-corrected chi connectivity index (χ0v) is 11.8. The summed E-state index contributed by atoms with van der Waals surface area (Å²) in [5, 5.41) is 1.12. The normalized spacial score (nSPS) is 12.7. The Morgan fingerprint density at radius 2 is 2.00 bits per heavy atom. The average molecular weight is 289 g/mol. The summed E-state index contributed by atoms with van der Waals surface area (Å²) in [5.74, 6) is 0. The van der Waals surface area contributed by atoms with E-state index in [4.69, 9.17) is 17.3 Å². The summed E-state index contributed by atoms with van der Waals surface area (Å²) in [6, 6.07) is 14.0. The lowest BCUT2D eigenvalue weighted by molar-refractivity contribution is 0.735. The molecule has 0 radical (unpaired) electrons. The first-order valence-corrected chi connectivity index (χ1v) is 7.27. The molecule has 0 bridgehead atoms. The highest BCUT2D eigenvalue weighted by Crippen LogP contribution is 2.28. The maximum absolute atomic E-state index is 6.33. The number of nitrogens with zero attached hydrogens (tertiary/aromatic N) is 1. The van der Waals surface area contributed by atoms with Gasteiger partial charge in [-0.15, -0.1) is 11.3 Å². The number of thiophene rings is 1. The van der Waals surface area contributed by atoms with Crippen LogP contribution in [0.2, 0.25) is 4.34 Å². The van der Waals surface area contributed by atoms with Gasteiger partial charge in [-0.2, -0.15) is 0 Å². The van der Waals surface area contributed by atoms with Gasteiger partial charge in [-0.05, 0) is 23.8 Å². The molecule has 4 heteroatoms. The van der Waals surface area contributed by atoms with E-state index >= 15 is 0 Å². The fraction of sp³-hybridized carbons (Fsp3) is 0.133. The van der Waals surface area contributed by atoms with Crippen molar-refractivity contribution in [3.8, 4) is 0 Å². The van der Waals surface area contributed by atoms with E-state index in [2.05, 4.69) is 23.2 Å². The van der Waals surface area contributed by atoms with Crippen LogP contribution in [0.5, 0.6) is 0 Å². The van der Waals surface area contributed by atoms with E-state index in [1.165, 1.54) is 4.88 Å². The molecule has 0 aliphatic heterocycles. The number of para-hydroxylation sites is 1. The minimum atomic E-state index is -0.0617. The van der Waals surface area contributed by atoms with Crippen molar-refractivity contribution in [2.75, 3.05) is 0 Å². The molecule has 0 saturated carbocycles. The van der Waals surface area contributed by atoms with E-state index in [9.17, 15) is 0 Å². The number of fused-ring (bicyclic) bond motifs is 1. The standard InChI is InChI=1S/C15H13ClN2S/c16-14-7-6-11(19-14)9-13(17)12-5-1-3-10-4-2-8-18-15(10)12/h1-8,13H,9,17H2. The van der Waals surface area contributed by atoms with Crippen molar-refractivity contribution in [2.45, 2.75) is 12.5 Å². The van der Waals surface area contributed by atoms with Gasteiger partial charge in [0.05, 0.1) is 9.85 Å². The summed E-state index contributed by atoms with van der Waals surface area (Å²) < 4.78 is 0.804. The number of hydrogen-bond acceptors (Lipinski definition) is 3. The molecule has 2 aromatic heterocycles. The Morgan fingerprint density at radius 3 is 2.79 bits per heavy atom. The van der Waals surface area contributed by atoms with Crippen LogP contribution in [0.1, 0.15) is 16.5 Å². The Hall–Kier alpha value is -1.42. The highest BCUT2D eigenvalue weighted by Gasteiger charge is 2.12. The Bertz CT molecular complexity index is 703. The largest absolute Gasteiger partial charge is 0.324 e. The van der Waals surface area contributed by atoms with Crippen molar-refractivity contribution in [2.24, 2.45) is 5.73 Å². The van der Waals surface area contributed by atoms with Crippen LogP contribution in [0, 0.1) is 0 Å². The maximum atomic E-state index is 6.33. The zero-order valence-electron chi connectivity index (χ0n) is 10.2. The highest BCUT2D eigenvalue weighted by atomic mass is 35.5. The van der Waals surface area contributed by atoms with Gasteiger partial charge in [0.15, 0.2) is 0 Å². The Kier molecular flexibility index (Phi) is 3.51. The van der Waals surface area contributed by atoms with Crippen molar-refractivity contribution in [3.63, 3.8) is 0 Å². The van der Waals surface area contributed by atoms with Crippen LogP contribution < -0.4 is 5.73 Å². The molecule has 2 nitrogen and oxygen atoms in total. The molecule has 3 rings (SSSR count). The molecular formula is C15H13ClN2S. The molecule has 0 fully saturated rings. The average Bonchev–Trinajstić information content (AvgIpc) is 2.83. The lowest BCUT2D eigenvalue weighted by atomic mass is 10.0. The third-order valence-electron chi connectivity index (χ3n) is 3.11. The van der Waals surface area contributed by atoms with Crippen LogP contribution >= 0.6 is 22.9 Å². The summed E-state index contributed by atoms with van der Waals surface area (Å²) in [5.41, 5.74) is 8.40. The molecule has 0 aliphatic carbocycles. The number of pyridine rings is 1. The van der Waals surface area contributed by atoms with Crippen molar-refractivity contribution >= 4 is 33.8 Å². The first kappa shape index (κ1) is 12.6. The number of hydrogen-bond donors (Lipinski definition) is 1. The van der Waals surface area contributed by atoms with Crippen LogP contribution in [-0.2, 0) is 6.42 Å². The number of aromatic nitrogens is 1. The lowest BCUT2D eigenvalue weighted by Crippen LogP contribution is -2.13. The van der Waals surface area contributed by atoms with Crippen LogP contribution in [-0.4, -0.2) is 4.98 Å². The van der Waals surface area contributed by atoms with E-state index < -0.39 is 0 Å². The highest BCUT2D eigenvalue weighted by molar-refractivity contribution is 7.16. The van der Waals surface area contributed by atoms with Gasteiger partial charge in [-0.3, -0.25) is 4.98 Å². The SMILES string of the molecule is NC(Cc1ccc(Cl)s1)c1cccc2cccnc12. The first-order chi connectivity index (χ1) is 9.24. The summed E-state index contributed by atoms with van der Waals surface area (Å²) in [6.45, 7) is 0. The molecule has 1 aromatic carbocycles. The molecule has 1 atom stereocenters. The van der Waals surface area contributed by atoms with Gasteiger partial charge in [0.2, 0.25) is 0 Å². The van der Waals surface area contributed by atoms with Crippen molar-refractivity contribution in [1.29, 1.82) is 0 Å². The maximum Gasteiger partial charge on any atom is 0.0931 e. The predicted octanol–water partition coefficient (Wildman–Crippen LogP) is 4.19. The monoisotopic (exact) mass is 288 g/mol. The van der Waals surface area contributed by atoms with Crippen LogP contribution in [0.15, 0.2) is 48.7 Å². The molecule has 1 unspecified atom stereocenters. The molecule has 96 valence electrons. The van der Waals surface area contributed by atoms with E-state index in [1.54, 1.807) is 17.5 Å². The van der Waals surface area contributed by atoms with Crippen molar-refractivity contribution < 1.29 is 0 Å². The number of rotatable bonds is 3. The Labute approximate surface area is 120 Å². The Balaban J connectivity index is 1.95. The molecule has 0 spiro atoms. The second-order valence-electron chi connectivity index (χ2n) is 4.44. The molecule has 2 N–H and O–H groups in total. The van der Waals surface area contributed by atoms with Gasteiger partial charge < -0.3 is 5.73 Å². The minimum Gasteiger partial charge on any atom is -0.324 e. The van der Waals surface area contributed by atoms with Gasteiger partial charge >= 0.3 is 0 Å². The van der Waals surface area contributed by atoms with E-state index in [0.29, 0.717) is 0 Å². The fourth-order valence-corrected chi connectivity index (χ4v) is 3.36. The van der Waals surface area contributed by atoms with Gasteiger partial charge in [-0.1, -0.05) is 35.9 Å². The van der Waals surface area contributed by atoms with Crippen molar-refractivity contribution in [3.05, 3.63) is 63.4 Å². The van der Waals surface area contributed by atoms with Gasteiger partial charge in [-0.25, -0.2) is 0 Å². The smallest absolute Gasteiger partial charge is 0.0931 e. The molecule has 0 amide bonds. The van der Waals surface area contributed by atoms with Gasteiger partial charge in [0.1, 0.15) is 0 Å². The van der Waals surface area contributed by atoms with Crippen LogP contribution in [0.25, 0.3) is 10.9 Å². The lowest BCUT2D eigenvalue weighted by Gasteiger charge is -2.13. The minimum absolute atomic E-state index is 0.0617. The molecular weight excluding hydrogens is 276 g/mol. The van der Waals surface area contributed by atoms with Gasteiger partial charge in [0, 0.05) is 28.9 Å². The first-order valence-electron chi connectivity index (χ1n) is 6.07. The number of nitrogens with two attached hydrogens (primary N) is 1. The van der Waals surface area contributed by atoms with E-state index in [0.717, 1.165) is 27.2 Å². The quantitative estimate of drug-likeness (QED) is 0.785. The van der Waals surface area contributed by atoms with Gasteiger partial charge in [0.25, 0.3) is 0 Å². The third-order valence-corrected chi connectivity index (χ3v) is 4.37. The fourth-order valence-electron chi connectivity index (χ4n) is 2.22. The van der Waals surface area contributed by atoms with E-state index in [1.807, 2.05) is 24.3 Å². The molecule has 3 aromatic rings. The number of halogens is 1. The second-order valence-corrected chi connectivity index (χ2v) is 6.24. The van der Waals surface area contributed by atoms with Crippen LogP contribution in [0.4, 0.5) is 0 Å².